The molecule has 5 N–H and O–H groups in total. The Kier molecular flexibility index (Phi) is 5.22. The average molecular weight is 392 g/mol. The number of primary amides is 1. The van der Waals surface area contributed by atoms with E-state index in [1.54, 1.807) is 13.3 Å². The highest BCUT2D eigenvalue weighted by atomic mass is 35.5. The molecule has 0 fully saturated rings. The van der Waals surface area contributed by atoms with Crippen LogP contribution in [0.1, 0.15) is 28.3 Å². The fraction of sp³-hybridized carbons (Fsp3) is 0.412. The molecule has 2 aromatic heterocycles. The van der Waals surface area contributed by atoms with Gasteiger partial charge < -0.3 is 26.4 Å². The highest BCUT2D eigenvalue weighted by Crippen LogP contribution is 2.40. The maximum absolute atomic E-state index is 11.1. The molecule has 9 nitrogen and oxygen atoms in total. The summed E-state index contributed by atoms with van der Waals surface area (Å²) in [7, 11) is 1.64. The average Bonchev–Trinajstić information content (AvgIpc) is 2.94. The number of methoxy groups -OCH3 is 1. The summed E-state index contributed by atoms with van der Waals surface area (Å²) < 4.78 is 5.49. The van der Waals surface area contributed by atoms with E-state index in [0.717, 1.165) is 28.1 Å². The molecule has 3 rings (SSSR count). The number of anilines is 2. The van der Waals surface area contributed by atoms with Crippen molar-refractivity contribution in [3.63, 3.8) is 0 Å². The number of carbonyl (C=O) groups excluding carboxylic acids is 1. The third-order valence-electron chi connectivity index (χ3n) is 4.66. The monoisotopic (exact) mass is 391 g/mol. The number of halogens is 1. The summed E-state index contributed by atoms with van der Waals surface area (Å²) in [5.74, 6) is 1.45. The number of amides is 2. The molecule has 144 valence electrons. The van der Waals surface area contributed by atoms with E-state index >= 15 is 0 Å². The van der Waals surface area contributed by atoms with Crippen LogP contribution in [-0.2, 0) is 6.54 Å². The molecule has 0 aromatic carbocycles. The minimum atomic E-state index is -0.594. The Labute approximate surface area is 162 Å². The van der Waals surface area contributed by atoms with Crippen molar-refractivity contribution in [3.8, 4) is 5.75 Å². The van der Waals surface area contributed by atoms with Gasteiger partial charge in [0.25, 0.3) is 0 Å². The minimum Gasteiger partial charge on any atom is -0.496 e. The second-order valence-corrected chi connectivity index (χ2v) is 6.84. The van der Waals surface area contributed by atoms with E-state index < -0.39 is 6.03 Å². The van der Waals surface area contributed by atoms with Crippen molar-refractivity contribution in [1.29, 1.82) is 0 Å². The highest BCUT2D eigenvalue weighted by molar-refractivity contribution is 6.30. The molecule has 0 saturated carbocycles. The number of aryl methyl sites for hydroxylation is 1. The second kappa shape index (κ2) is 7.43. The molecule has 0 bridgehead atoms. The van der Waals surface area contributed by atoms with Crippen molar-refractivity contribution in [2.75, 3.05) is 30.8 Å². The molecule has 2 aromatic rings. The van der Waals surface area contributed by atoms with Crippen molar-refractivity contribution in [3.05, 3.63) is 33.7 Å². The largest absolute Gasteiger partial charge is 0.496 e. The van der Waals surface area contributed by atoms with Crippen molar-refractivity contribution in [2.45, 2.75) is 26.3 Å². The first kappa shape index (κ1) is 19.0. The third-order valence-corrected chi connectivity index (χ3v) is 4.95. The maximum atomic E-state index is 11.1. The Bertz CT molecular complexity index is 890. The van der Waals surface area contributed by atoms with Crippen molar-refractivity contribution < 1.29 is 9.53 Å². The van der Waals surface area contributed by atoms with E-state index in [1.165, 1.54) is 0 Å². The number of rotatable bonds is 5. The summed E-state index contributed by atoms with van der Waals surface area (Å²) in [5, 5.41) is 2.90. The lowest BCUT2D eigenvalue weighted by atomic mass is 10.1. The molecular weight excluding hydrogens is 370 g/mol. The number of nitrogen functional groups attached to an aromatic ring is 1. The van der Waals surface area contributed by atoms with Gasteiger partial charge in [0.15, 0.2) is 0 Å². The summed E-state index contributed by atoms with van der Waals surface area (Å²) in [6.07, 6.45) is 1.78. The molecule has 1 aliphatic rings. The number of pyridine rings is 1. The van der Waals surface area contributed by atoms with Crippen LogP contribution >= 0.6 is 11.6 Å². The molecule has 1 atom stereocenters. The van der Waals surface area contributed by atoms with Gasteiger partial charge in [0, 0.05) is 41.9 Å². The van der Waals surface area contributed by atoms with Crippen LogP contribution in [0.4, 0.5) is 16.6 Å². The molecule has 10 heteroatoms. The van der Waals surface area contributed by atoms with Crippen LogP contribution in [0.3, 0.4) is 0 Å². The van der Waals surface area contributed by atoms with E-state index in [9.17, 15) is 4.79 Å². The quantitative estimate of drug-likeness (QED) is 0.658. The number of carbonyl (C=O) groups is 1. The van der Waals surface area contributed by atoms with Gasteiger partial charge in [0.05, 0.1) is 19.3 Å². The number of nitrogens with zero attached hydrogens (tertiary/aromatic N) is 4. The molecule has 0 radical (unpaired) electrons. The van der Waals surface area contributed by atoms with Crippen LogP contribution < -0.4 is 26.4 Å². The zero-order valence-electron chi connectivity index (χ0n) is 15.4. The van der Waals surface area contributed by atoms with Crippen molar-refractivity contribution >= 4 is 29.4 Å². The molecule has 0 unspecified atom stereocenters. The molecule has 27 heavy (non-hydrogen) atoms. The predicted molar refractivity (Wildman–Crippen MR) is 103 cm³/mol. The van der Waals surface area contributed by atoms with Crippen LogP contribution in [0, 0.1) is 13.8 Å². The minimum absolute atomic E-state index is 0.0958. The number of hydrogen-bond acceptors (Lipinski definition) is 7. The molecule has 3 heterocycles. The molecule has 1 aliphatic heterocycles. The number of fused-ring (bicyclic) bond motifs is 1. The van der Waals surface area contributed by atoms with Gasteiger partial charge in [-0.05, 0) is 13.8 Å². The standard InChI is InChI=1S/C17H22ClN7O2/c1-8-4-21-11(9(2)13(8)27-3)7-25-6-10(5-22-17(20)26)12-14(18)23-16(19)24-15(12)25/h4,10H,5-7H2,1-3H3,(H2,19,23,24)(H3,20,22,26)/t10-/m0/s1. The summed E-state index contributed by atoms with van der Waals surface area (Å²) in [4.78, 5) is 26.1. The fourth-order valence-corrected chi connectivity index (χ4v) is 3.75. The van der Waals surface area contributed by atoms with Crippen LogP contribution in [0.5, 0.6) is 5.75 Å². The van der Waals surface area contributed by atoms with Gasteiger partial charge in [0.1, 0.15) is 16.7 Å². The topological polar surface area (TPSA) is 132 Å². The smallest absolute Gasteiger partial charge is 0.312 e. The Morgan fingerprint density at radius 1 is 1.44 bits per heavy atom. The van der Waals surface area contributed by atoms with E-state index in [1.807, 2.05) is 18.7 Å². The molecule has 2 amide bonds. The van der Waals surface area contributed by atoms with E-state index in [-0.39, 0.29) is 17.0 Å². The molecular formula is C17H22ClN7O2. The SMILES string of the molecule is COc1c(C)cnc(CN2C[C@H](CNC(N)=O)c3c(Cl)nc(N)nc32)c1C. The van der Waals surface area contributed by atoms with Gasteiger partial charge in [0.2, 0.25) is 5.95 Å². The Morgan fingerprint density at radius 3 is 2.85 bits per heavy atom. The number of hydrogen-bond donors (Lipinski definition) is 3. The first-order valence-corrected chi connectivity index (χ1v) is 8.79. The zero-order valence-corrected chi connectivity index (χ0v) is 16.2. The van der Waals surface area contributed by atoms with Gasteiger partial charge in [-0.2, -0.15) is 4.98 Å². The van der Waals surface area contributed by atoms with Crippen LogP contribution in [0.25, 0.3) is 0 Å². The number of ether oxygens (including phenoxy) is 1. The van der Waals surface area contributed by atoms with Crippen LogP contribution in [0.15, 0.2) is 6.20 Å². The lowest BCUT2D eigenvalue weighted by Crippen LogP contribution is -2.34. The lowest BCUT2D eigenvalue weighted by molar-refractivity contribution is 0.248. The number of aromatic nitrogens is 3. The fourth-order valence-electron chi connectivity index (χ4n) is 3.42. The third kappa shape index (κ3) is 3.68. The van der Waals surface area contributed by atoms with E-state index in [4.69, 9.17) is 27.8 Å². The summed E-state index contributed by atoms with van der Waals surface area (Å²) in [6, 6.07) is -0.594. The zero-order chi connectivity index (χ0) is 19.7. The number of nitrogens with one attached hydrogen (secondary N) is 1. The van der Waals surface area contributed by atoms with Crippen molar-refractivity contribution in [2.24, 2.45) is 5.73 Å². The first-order valence-electron chi connectivity index (χ1n) is 8.42. The number of urea groups is 1. The Balaban J connectivity index is 1.95. The molecule has 0 aliphatic carbocycles. The summed E-state index contributed by atoms with van der Waals surface area (Å²) >= 11 is 6.32. The normalized spacial score (nSPS) is 15.6. The van der Waals surface area contributed by atoms with Crippen LogP contribution in [0.2, 0.25) is 5.15 Å². The van der Waals surface area contributed by atoms with Gasteiger partial charge in [-0.3, -0.25) is 4.98 Å². The second-order valence-electron chi connectivity index (χ2n) is 6.48. The maximum Gasteiger partial charge on any atom is 0.312 e. The predicted octanol–water partition coefficient (Wildman–Crippen LogP) is 1.50. The summed E-state index contributed by atoms with van der Waals surface area (Å²) in [5.41, 5.74) is 14.5. The van der Waals surface area contributed by atoms with Gasteiger partial charge in [-0.1, -0.05) is 11.6 Å². The van der Waals surface area contributed by atoms with Crippen LogP contribution in [-0.4, -0.2) is 41.2 Å². The first-order chi connectivity index (χ1) is 12.8. The lowest BCUT2D eigenvalue weighted by Gasteiger charge is -2.21. The highest BCUT2D eigenvalue weighted by Gasteiger charge is 2.34. The van der Waals surface area contributed by atoms with E-state index in [0.29, 0.717) is 25.5 Å². The Hall–Kier alpha value is -2.81. The molecule has 0 spiro atoms. The van der Waals surface area contributed by atoms with E-state index in [2.05, 4.69) is 20.3 Å². The summed E-state index contributed by atoms with van der Waals surface area (Å²) in [6.45, 7) is 5.32. The Morgan fingerprint density at radius 2 is 2.19 bits per heavy atom. The van der Waals surface area contributed by atoms with Gasteiger partial charge in [-0.25, -0.2) is 9.78 Å². The number of nitrogens with two attached hydrogens (primary N) is 2. The van der Waals surface area contributed by atoms with Crippen molar-refractivity contribution in [1.82, 2.24) is 20.3 Å². The van der Waals surface area contributed by atoms with Gasteiger partial charge >= 0.3 is 6.03 Å². The van der Waals surface area contributed by atoms with Gasteiger partial charge in [-0.15, -0.1) is 0 Å². The molecule has 0 saturated heterocycles.